The molecule has 0 aromatic heterocycles. The Morgan fingerprint density at radius 2 is 1.71 bits per heavy atom. The zero-order valence-electron chi connectivity index (χ0n) is 16.0. The van der Waals surface area contributed by atoms with E-state index in [0.717, 1.165) is 35.8 Å². The molecule has 1 aliphatic heterocycles. The summed E-state index contributed by atoms with van der Waals surface area (Å²) in [5.74, 6) is -0.818. The van der Waals surface area contributed by atoms with Crippen molar-refractivity contribution in [1.82, 2.24) is 9.80 Å². The summed E-state index contributed by atoms with van der Waals surface area (Å²) in [4.78, 5) is 27.5. The molecule has 28 heavy (non-hydrogen) atoms. The zero-order chi connectivity index (χ0) is 19.9. The third kappa shape index (κ3) is 4.85. The Kier molecular flexibility index (Phi) is 6.57. The van der Waals surface area contributed by atoms with E-state index in [4.69, 9.17) is 5.11 Å². The van der Waals surface area contributed by atoms with Crippen molar-refractivity contribution in [2.75, 3.05) is 25.0 Å². The van der Waals surface area contributed by atoms with Gasteiger partial charge in [-0.15, -0.1) is 0 Å². The first-order chi connectivity index (χ1) is 13.6. The topological polar surface area (TPSA) is 72.9 Å². The summed E-state index contributed by atoms with van der Waals surface area (Å²) in [6.45, 7) is 4.45. The third-order valence-corrected chi connectivity index (χ3v) is 4.64. The van der Waals surface area contributed by atoms with Gasteiger partial charge in [0.05, 0.1) is 13.2 Å². The number of β-amino-alcohol motifs (C(OH)–C–C–N with tert-alkyl or cyclic N) is 1. The second kappa shape index (κ2) is 9.30. The highest BCUT2D eigenvalue weighted by atomic mass is 16.3. The van der Waals surface area contributed by atoms with Gasteiger partial charge >= 0.3 is 0 Å². The van der Waals surface area contributed by atoms with Gasteiger partial charge in [-0.05, 0) is 29.8 Å². The van der Waals surface area contributed by atoms with E-state index < -0.39 is 11.8 Å². The number of amides is 2. The quantitative estimate of drug-likeness (QED) is 0.655. The summed E-state index contributed by atoms with van der Waals surface area (Å²) in [6.07, 6.45) is 1.28. The Morgan fingerprint density at radius 1 is 1.00 bits per heavy atom. The average Bonchev–Trinajstić information content (AvgIpc) is 2.96. The van der Waals surface area contributed by atoms with Crippen molar-refractivity contribution in [1.29, 1.82) is 0 Å². The normalized spacial score (nSPS) is 14.0. The van der Waals surface area contributed by atoms with Crippen LogP contribution in [0, 0.1) is 0 Å². The van der Waals surface area contributed by atoms with Gasteiger partial charge in [-0.25, -0.2) is 0 Å². The van der Waals surface area contributed by atoms with E-state index in [9.17, 15) is 9.59 Å². The fourth-order valence-electron chi connectivity index (χ4n) is 3.19. The summed E-state index contributed by atoms with van der Waals surface area (Å²) in [6, 6.07) is 18.2. The molecule has 0 aliphatic carbocycles. The monoisotopic (exact) mass is 379 g/mol. The van der Waals surface area contributed by atoms with Gasteiger partial charge in [0.1, 0.15) is 5.70 Å². The molecule has 0 atom stereocenters. The van der Waals surface area contributed by atoms with E-state index in [2.05, 4.69) is 29.3 Å². The van der Waals surface area contributed by atoms with Crippen molar-refractivity contribution in [3.8, 4) is 0 Å². The number of anilines is 1. The molecule has 6 heteroatoms. The zero-order valence-corrected chi connectivity index (χ0v) is 16.0. The van der Waals surface area contributed by atoms with Crippen molar-refractivity contribution in [2.45, 2.75) is 20.0 Å². The van der Waals surface area contributed by atoms with Crippen LogP contribution in [0.2, 0.25) is 0 Å². The number of hydrogen-bond donors (Lipinski definition) is 2. The van der Waals surface area contributed by atoms with Crippen molar-refractivity contribution in [3.63, 3.8) is 0 Å². The summed E-state index contributed by atoms with van der Waals surface area (Å²) in [7, 11) is 0. The maximum Gasteiger partial charge on any atom is 0.277 e. The van der Waals surface area contributed by atoms with E-state index >= 15 is 0 Å². The molecule has 0 fully saturated rings. The minimum atomic E-state index is -0.413. The highest BCUT2D eigenvalue weighted by molar-refractivity contribution is 6.17. The summed E-state index contributed by atoms with van der Waals surface area (Å²) < 4.78 is 0. The van der Waals surface area contributed by atoms with Crippen LogP contribution < -0.4 is 5.32 Å². The first-order valence-corrected chi connectivity index (χ1v) is 9.41. The lowest BCUT2D eigenvalue weighted by atomic mass is 10.1. The predicted molar refractivity (Wildman–Crippen MR) is 108 cm³/mol. The van der Waals surface area contributed by atoms with E-state index in [-0.39, 0.29) is 18.8 Å². The van der Waals surface area contributed by atoms with Crippen LogP contribution in [0.15, 0.2) is 66.4 Å². The molecule has 2 amide bonds. The molecule has 1 heterocycles. The Morgan fingerprint density at radius 3 is 2.43 bits per heavy atom. The lowest BCUT2D eigenvalue weighted by Gasteiger charge is -2.21. The minimum absolute atomic E-state index is 0.00430. The molecule has 1 aliphatic rings. The summed E-state index contributed by atoms with van der Waals surface area (Å²) >= 11 is 0. The van der Waals surface area contributed by atoms with E-state index in [0.29, 0.717) is 0 Å². The molecule has 0 spiro atoms. The van der Waals surface area contributed by atoms with E-state index in [1.165, 1.54) is 11.6 Å². The average molecular weight is 379 g/mol. The number of imide groups is 1. The summed E-state index contributed by atoms with van der Waals surface area (Å²) in [5, 5.41) is 12.0. The molecule has 2 N–H and O–H groups in total. The molecule has 6 nitrogen and oxygen atoms in total. The summed E-state index contributed by atoms with van der Waals surface area (Å²) in [5.41, 5.74) is 3.37. The van der Waals surface area contributed by atoms with Gasteiger partial charge in [0.15, 0.2) is 0 Å². The fourth-order valence-corrected chi connectivity index (χ4v) is 3.19. The first-order valence-electron chi connectivity index (χ1n) is 9.41. The second-order valence-corrected chi connectivity index (χ2v) is 6.69. The van der Waals surface area contributed by atoms with Crippen molar-refractivity contribution >= 4 is 17.5 Å². The second-order valence-electron chi connectivity index (χ2n) is 6.69. The van der Waals surface area contributed by atoms with Gasteiger partial charge in [0.25, 0.3) is 11.8 Å². The molecule has 0 saturated heterocycles. The standard InChI is InChI=1S/C22H25N3O3/c1-2-24(15-17-7-4-3-5-8-17)16-18-9-6-10-19(13-18)23-20-14-21(27)25(11-12-26)22(20)28/h3-10,13-14,23,26H,2,11-12,15-16H2,1H3. The van der Waals surface area contributed by atoms with Crippen LogP contribution >= 0.6 is 0 Å². The molecule has 0 unspecified atom stereocenters. The first kappa shape index (κ1) is 19.8. The van der Waals surface area contributed by atoms with Crippen LogP contribution in [0.5, 0.6) is 0 Å². The lowest BCUT2D eigenvalue weighted by molar-refractivity contribution is -0.137. The number of aliphatic hydroxyl groups excluding tert-OH is 1. The van der Waals surface area contributed by atoms with Crippen LogP contribution in [0.1, 0.15) is 18.1 Å². The Labute approximate surface area is 165 Å². The van der Waals surface area contributed by atoms with E-state index in [1.54, 1.807) is 0 Å². The van der Waals surface area contributed by atoms with Gasteiger partial charge < -0.3 is 10.4 Å². The van der Waals surface area contributed by atoms with Crippen LogP contribution in [0.25, 0.3) is 0 Å². The number of benzene rings is 2. The number of carbonyl (C=O) groups excluding carboxylic acids is 2. The maximum atomic E-state index is 12.3. The lowest BCUT2D eigenvalue weighted by Crippen LogP contribution is -2.34. The number of nitrogens with zero attached hydrogens (tertiary/aromatic N) is 2. The largest absolute Gasteiger partial charge is 0.395 e. The van der Waals surface area contributed by atoms with E-state index in [1.807, 2.05) is 42.5 Å². The Balaban J connectivity index is 1.66. The van der Waals surface area contributed by atoms with Crippen LogP contribution in [-0.4, -0.2) is 46.4 Å². The highest BCUT2D eigenvalue weighted by Crippen LogP contribution is 2.19. The van der Waals surface area contributed by atoms with Gasteiger partial charge in [0.2, 0.25) is 0 Å². The Bertz CT molecular complexity index is 864. The number of aliphatic hydroxyl groups is 1. The van der Waals surface area contributed by atoms with Gasteiger partial charge in [0, 0.05) is 24.9 Å². The molecule has 2 aromatic carbocycles. The van der Waals surface area contributed by atoms with Gasteiger partial charge in [-0.3, -0.25) is 19.4 Å². The SMILES string of the molecule is CCN(Cc1ccccc1)Cc1cccc(NC2=CC(=O)N(CCO)C2=O)c1. The van der Waals surface area contributed by atoms with Crippen LogP contribution in [0.4, 0.5) is 5.69 Å². The minimum Gasteiger partial charge on any atom is -0.395 e. The Hall–Kier alpha value is -2.96. The number of carbonyl (C=O) groups is 2. The van der Waals surface area contributed by atoms with Crippen molar-refractivity contribution in [2.24, 2.45) is 0 Å². The van der Waals surface area contributed by atoms with Crippen molar-refractivity contribution < 1.29 is 14.7 Å². The molecular weight excluding hydrogens is 354 g/mol. The number of hydrogen-bond acceptors (Lipinski definition) is 5. The fraction of sp³-hybridized carbons (Fsp3) is 0.273. The van der Waals surface area contributed by atoms with Gasteiger partial charge in [-0.2, -0.15) is 0 Å². The van der Waals surface area contributed by atoms with Crippen LogP contribution in [0.3, 0.4) is 0 Å². The molecule has 3 rings (SSSR count). The molecular formula is C22H25N3O3. The molecule has 0 radical (unpaired) electrons. The third-order valence-electron chi connectivity index (χ3n) is 4.64. The number of rotatable bonds is 9. The predicted octanol–water partition coefficient (Wildman–Crippen LogP) is 2.37. The smallest absolute Gasteiger partial charge is 0.277 e. The molecule has 0 bridgehead atoms. The highest BCUT2D eigenvalue weighted by Gasteiger charge is 2.30. The number of nitrogens with one attached hydrogen (secondary N) is 1. The maximum absolute atomic E-state index is 12.3. The molecule has 2 aromatic rings. The van der Waals surface area contributed by atoms with Gasteiger partial charge in [-0.1, -0.05) is 49.4 Å². The molecule has 0 saturated carbocycles. The molecule has 146 valence electrons. The van der Waals surface area contributed by atoms with Crippen LogP contribution in [-0.2, 0) is 22.7 Å². The van der Waals surface area contributed by atoms with Crippen molar-refractivity contribution in [3.05, 3.63) is 77.5 Å².